The van der Waals surface area contributed by atoms with E-state index in [0.717, 1.165) is 0 Å². The summed E-state index contributed by atoms with van der Waals surface area (Å²) in [5, 5.41) is 8.74. The second kappa shape index (κ2) is 6.51. The van der Waals surface area contributed by atoms with Gasteiger partial charge in [0, 0.05) is 23.9 Å². The van der Waals surface area contributed by atoms with Crippen LogP contribution in [0.1, 0.15) is 23.7 Å². The molecule has 0 aliphatic heterocycles. The molecule has 0 saturated heterocycles. The van der Waals surface area contributed by atoms with Crippen LogP contribution in [0.25, 0.3) is 0 Å². The van der Waals surface area contributed by atoms with Crippen molar-refractivity contribution in [3.8, 4) is 0 Å². The van der Waals surface area contributed by atoms with Crippen molar-refractivity contribution in [2.75, 3.05) is 13.7 Å². The number of hydrogen-bond acceptors (Lipinski definition) is 3. The Morgan fingerprint density at radius 2 is 2.00 bits per heavy atom. The van der Waals surface area contributed by atoms with Gasteiger partial charge in [0.05, 0.1) is 16.4 Å². The van der Waals surface area contributed by atoms with Gasteiger partial charge in [0.15, 0.2) is 0 Å². The Morgan fingerprint density at radius 3 is 2.47 bits per heavy atom. The van der Waals surface area contributed by atoms with E-state index in [1.807, 2.05) is 6.92 Å². The quantitative estimate of drug-likeness (QED) is 0.844. The van der Waals surface area contributed by atoms with Gasteiger partial charge in [-0.3, -0.25) is 4.21 Å². The fraction of sp³-hybridized carbons (Fsp3) is 0.417. The molecule has 0 aliphatic rings. The summed E-state index contributed by atoms with van der Waals surface area (Å²) < 4.78 is 17.0. The summed E-state index contributed by atoms with van der Waals surface area (Å²) in [5.74, 6) is -0.977. The molecule has 0 bridgehead atoms. The Morgan fingerprint density at radius 1 is 1.41 bits per heavy atom. The molecule has 0 saturated carbocycles. The Labute approximate surface area is 103 Å². The molecule has 17 heavy (non-hydrogen) atoms. The van der Waals surface area contributed by atoms with Crippen molar-refractivity contribution >= 4 is 16.8 Å². The van der Waals surface area contributed by atoms with E-state index in [4.69, 9.17) is 9.84 Å². The second-order valence-electron chi connectivity index (χ2n) is 3.72. The second-order valence-corrected chi connectivity index (χ2v) is 5.59. The zero-order valence-corrected chi connectivity index (χ0v) is 10.7. The first-order valence-electron chi connectivity index (χ1n) is 5.29. The first-order valence-corrected chi connectivity index (χ1v) is 6.50. The molecule has 0 heterocycles. The number of hydrogen-bond donors (Lipinski definition) is 1. The molecule has 1 aromatic carbocycles. The highest BCUT2D eigenvalue weighted by Gasteiger charge is 2.13. The summed E-state index contributed by atoms with van der Waals surface area (Å²) in [6, 6.07) is 6.14. The predicted octanol–water partition coefficient (Wildman–Crippen LogP) is 1.92. The van der Waals surface area contributed by atoms with E-state index < -0.39 is 16.8 Å². The Bertz CT molecular complexity index is 399. The van der Waals surface area contributed by atoms with E-state index in [1.54, 1.807) is 19.2 Å². The molecular formula is C12H16O4S. The molecule has 2 unspecified atom stereocenters. The fourth-order valence-corrected chi connectivity index (χ4v) is 2.53. The normalized spacial score (nSPS) is 14.2. The summed E-state index contributed by atoms with van der Waals surface area (Å²) in [7, 11) is 0.484. The smallest absolute Gasteiger partial charge is 0.335 e. The lowest BCUT2D eigenvalue weighted by Gasteiger charge is -2.10. The largest absolute Gasteiger partial charge is 0.478 e. The van der Waals surface area contributed by atoms with Gasteiger partial charge in [-0.2, -0.15) is 0 Å². The lowest BCUT2D eigenvalue weighted by molar-refractivity contribution is 0.0697. The number of carboxylic acids is 1. The van der Waals surface area contributed by atoms with E-state index in [1.165, 1.54) is 12.1 Å². The van der Waals surface area contributed by atoms with Gasteiger partial charge in [-0.05, 0) is 30.7 Å². The fourth-order valence-electron chi connectivity index (χ4n) is 1.35. The van der Waals surface area contributed by atoms with Gasteiger partial charge in [0.25, 0.3) is 0 Å². The number of carbonyl (C=O) groups is 1. The maximum atomic E-state index is 12.0. The van der Waals surface area contributed by atoms with E-state index >= 15 is 0 Å². The Balaban J connectivity index is 2.72. The minimum absolute atomic E-state index is 0.00868. The molecule has 1 N–H and O–H groups in total. The zero-order chi connectivity index (χ0) is 12.8. The van der Waals surface area contributed by atoms with Crippen molar-refractivity contribution in [2.45, 2.75) is 23.5 Å². The van der Waals surface area contributed by atoms with Gasteiger partial charge in [-0.1, -0.05) is 6.92 Å². The van der Waals surface area contributed by atoms with E-state index in [2.05, 4.69) is 0 Å². The molecule has 2 atom stereocenters. The van der Waals surface area contributed by atoms with Gasteiger partial charge in [-0.25, -0.2) is 4.79 Å². The standard InChI is InChI=1S/C12H16O4S/c1-9(7-8-16-2)17(15)11-5-3-10(4-6-11)12(13)14/h3-6,9H,7-8H2,1-2H3,(H,13,14). The highest BCUT2D eigenvalue weighted by atomic mass is 32.2. The third-order valence-electron chi connectivity index (χ3n) is 2.43. The molecule has 1 rings (SSSR count). The van der Waals surface area contributed by atoms with Crippen molar-refractivity contribution in [1.82, 2.24) is 0 Å². The van der Waals surface area contributed by atoms with Gasteiger partial charge in [0.1, 0.15) is 0 Å². The van der Waals surface area contributed by atoms with Crippen LogP contribution in [0.5, 0.6) is 0 Å². The van der Waals surface area contributed by atoms with Gasteiger partial charge in [-0.15, -0.1) is 0 Å². The van der Waals surface area contributed by atoms with Crippen LogP contribution in [0, 0.1) is 0 Å². The summed E-state index contributed by atoms with van der Waals surface area (Å²) >= 11 is 0. The van der Waals surface area contributed by atoms with Gasteiger partial charge < -0.3 is 9.84 Å². The van der Waals surface area contributed by atoms with Crippen LogP contribution in [0.2, 0.25) is 0 Å². The lowest BCUT2D eigenvalue weighted by atomic mass is 10.2. The Kier molecular flexibility index (Phi) is 5.31. The number of ether oxygens (including phenoxy) is 1. The first-order chi connectivity index (χ1) is 8.06. The van der Waals surface area contributed by atoms with Crippen LogP contribution >= 0.6 is 0 Å². The molecule has 0 radical (unpaired) electrons. The summed E-state index contributed by atoms with van der Waals surface area (Å²) in [5.41, 5.74) is 0.204. The topological polar surface area (TPSA) is 63.6 Å². The van der Waals surface area contributed by atoms with Crippen molar-refractivity contribution < 1.29 is 18.8 Å². The molecule has 1 aromatic rings. The molecule has 0 spiro atoms. The van der Waals surface area contributed by atoms with E-state index in [0.29, 0.717) is 17.9 Å². The van der Waals surface area contributed by atoms with E-state index in [9.17, 15) is 9.00 Å². The van der Waals surface area contributed by atoms with Crippen molar-refractivity contribution in [3.63, 3.8) is 0 Å². The Hall–Kier alpha value is -1.20. The lowest BCUT2D eigenvalue weighted by Crippen LogP contribution is -2.13. The highest BCUT2D eigenvalue weighted by Crippen LogP contribution is 2.14. The predicted molar refractivity (Wildman–Crippen MR) is 65.8 cm³/mol. The summed E-state index contributed by atoms with van der Waals surface area (Å²) in [6.45, 7) is 2.46. The highest BCUT2D eigenvalue weighted by molar-refractivity contribution is 7.85. The summed E-state index contributed by atoms with van der Waals surface area (Å²) in [4.78, 5) is 11.3. The van der Waals surface area contributed by atoms with Gasteiger partial charge in [0.2, 0.25) is 0 Å². The van der Waals surface area contributed by atoms with E-state index in [-0.39, 0.29) is 10.8 Å². The number of benzene rings is 1. The van der Waals surface area contributed by atoms with Crippen molar-refractivity contribution in [2.24, 2.45) is 0 Å². The van der Waals surface area contributed by atoms with Gasteiger partial charge >= 0.3 is 5.97 Å². The zero-order valence-electron chi connectivity index (χ0n) is 9.88. The average Bonchev–Trinajstić information content (AvgIpc) is 2.35. The molecule has 0 amide bonds. The maximum absolute atomic E-state index is 12.0. The molecule has 94 valence electrons. The maximum Gasteiger partial charge on any atom is 0.335 e. The third kappa shape index (κ3) is 3.94. The number of methoxy groups -OCH3 is 1. The van der Waals surface area contributed by atoms with Crippen LogP contribution in [0.3, 0.4) is 0 Å². The first kappa shape index (κ1) is 13.9. The van der Waals surface area contributed by atoms with Crippen LogP contribution < -0.4 is 0 Å². The van der Waals surface area contributed by atoms with Crippen LogP contribution in [0.4, 0.5) is 0 Å². The molecule has 0 aliphatic carbocycles. The third-order valence-corrected chi connectivity index (χ3v) is 4.13. The van der Waals surface area contributed by atoms with Crippen molar-refractivity contribution in [1.29, 1.82) is 0 Å². The van der Waals surface area contributed by atoms with Crippen LogP contribution in [0.15, 0.2) is 29.2 Å². The number of carboxylic acid groups (broad SMARTS) is 1. The minimum atomic E-state index is -1.12. The van der Waals surface area contributed by atoms with Crippen LogP contribution in [-0.2, 0) is 15.5 Å². The molecule has 4 nitrogen and oxygen atoms in total. The summed E-state index contributed by atoms with van der Waals surface area (Å²) in [6.07, 6.45) is 0.712. The molecule has 0 aromatic heterocycles. The SMILES string of the molecule is COCCC(C)S(=O)c1ccc(C(=O)O)cc1. The number of rotatable bonds is 6. The van der Waals surface area contributed by atoms with Crippen LogP contribution in [-0.4, -0.2) is 34.3 Å². The molecule has 5 heteroatoms. The minimum Gasteiger partial charge on any atom is -0.478 e. The molecule has 0 fully saturated rings. The monoisotopic (exact) mass is 256 g/mol. The average molecular weight is 256 g/mol. The molecular weight excluding hydrogens is 240 g/mol. The number of aromatic carboxylic acids is 1. The van der Waals surface area contributed by atoms with Crippen molar-refractivity contribution in [3.05, 3.63) is 29.8 Å².